The number of benzene rings is 3. The van der Waals surface area contributed by atoms with E-state index < -0.39 is 11.9 Å². The van der Waals surface area contributed by atoms with Crippen molar-refractivity contribution >= 4 is 28.1 Å². The van der Waals surface area contributed by atoms with Crippen molar-refractivity contribution < 1.29 is 14.5 Å². The fourth-order valence-corrected chi connectivity index (χ4v) is 4.28. The van der Waals surface area contributed by atoms with Gasteiger partial charge in [0.25, 0.3) is 0 Å². The van der Waals surface area contributed by atoms with E-state index in [4.69, 9.17) is 26.1 Å². The van der Waals surface area contributed by atoms with Crippen LogP contribution in [0.3, 0.4) is 0 Å². The molecule has 2 aliphatic rings. The van der Waals surface area contributed by atoms with Crippen molar-refractivity contribution in [3.05, 3.63) is 53.6 Å². The average Bonchev–Trinajstić information content (AvgIpc) is 3.00. The molecule has 2 atom stereocenters. The van der Waals surface area contributed by atoms with Gasteiger partial charge in [0, 0.05) is 22.0 Å². The topological polar surface area (TPSA) is 39.7 Å². The molecule has 1 heterocycles. The minimum Gasteiger partial charge on any atom is -0.357 e. The van der Waals surface area contributed by atoms with Gasteiger partial charge in [-0.15, -0.1) is 0 Å². The molecule has 0 amide bonds. The summed E-state index contributed by atoms with van der Waals surface area (Å²) in [7, 11) is 0. The van der Waals surface area contributed by atoms with Crippen molar-refractivity contribution in [2.75, 3.05) is 5.32 Å². The highest BCUT2D eigenvalue weighted by Gasteiger charge is 2.41. The molecule has 3 aromatic carbocycles. The van der Waals surface area contributed by atoms with Crippen LogP contribution in [-0.4, -0.2) is 18.1 Å². The Morgan fingerprint density at radius 1 is 0.966 bits per heavy atom. The van der Waals surface area contributed by atoms with Crippen molar-refractivity contribution in [2.24, 2.45) is 5.92 Å². The van der Waals surface area contributed by atoms with Gasteiger partial charge in [-0.25, -0.2) is 9.78 Å². The van der Waals surface area contributed by atoms with Crippen LogP contribution in [0.15, 0.2) is 48.5 Å². The third-order valence-electron chi connectivity index (χ3n) is 5.69. The largest absolute Gasteiger partial charge is 0.357 e. The molecule has 150 valence electrons. The van der Waals surface area contributed by atoms with Gasteiger partial charge in [0.05, 0.1) is 0 Å². The van der Waals surface area contributed by atoms with Crippen LogP contribution in [0.5, 0.6) is 0 Å². The number of ether oxygens (including phenoxy) is 1. The highest BCUT2D eigenvalue weighted by molar-refractivity contribution is 6.31. The van der Waals surface area contributed by atoms with Gasteiger partial charge >= 0.3 is 0 Å². The summed E-state index contributed by atoms with van der Waals surface area (Å²) in [5.74, 6) is 0.183. The van der Waals surface area contributed by atoms with Gasteiger partial charge in [-0.2, -0.15) is 0 Å². The summed E-state index contributed by atoms with van der Waals surface area (Å²) >= 11 is 6.28. The van der Waals surface area contributed by atoms with Gasteiger partial charge in [-0.05, 0) is 59.7 Å². The lowest BCUT2D eigenvalue weighted by atomic mass is 10.0. The van der Waals surface area contributed by atoms with E-state index in [2.05, 4.69) is 41.7 Å². The molecule has 1 aliphatic heterocycles. The molecule has 29 heavy (non-hydrogen) atoms. The SMILES string of the molecule is CC(C)C1OOC(C)(C)C(Nc2ccc3c4c(cccc24)-c2cc(Cl)ccc2-3)O1. The molecular weight excluding hydrogens is 386 g/mol. The smallest absolute Gasteiger partial charge is 0.196 e. The normalized spacial score (nSPS) is 22.1. The first-order valence-electron chi connectivity index (χ1n) is 9.97. The van der Waals surface area contributed by atoms with Gasteiger partial charge in [0.1, 0.15) is 5.60 Å². The zero-order valence-corrected chi connectivity index (χ0v) is 17.7. The number of hydrogen-bond donors (Lipinski definition) is 1. The van der Waals surface area contributed by atoms with Crippen LogP contribution in [0, 0.1) is 5.92 Å². The molecule has 5 heteroatoms. The Bertz CT molecular complexity index is 1110. The third kappa shape index (κ3) is 3.03. The first-order chi connectivity index (χ1) is 13.8. The molecule has 1 N–H and O–H groups in total. The Balaban J connectivity index is 1.58. The number of rotatable bonds is 3. The standard InChI is InChI=1S/C24H24ClNO3/c1-13(2)22-27-23(24(3,4)29-28-22)26-20-11-10-17-15-9-8-14(25)12-19(15)16-6-5-7-18(20)21(16)17/h5-13,22-23,26H,1-4H3. The molecule has 1 saturated heterocycles. The molecule has 0 saturated carbocycles. The molecular formula is C24H24ClNO3. The van der Waals surface area contributed by atoms with E-state index >= 15 is 0 Å². The van der Waals surface area contributed by atoms with Gasteiger partial charge in [0.2, 0.25) is 0 Å². The second kappa shape index (κ2) is 6.71. The van der Waals surface area contributed by atoms with Crippen molar-refractivity contribution in [2.45, 2.75) is 45.8 Å². The maximum Gasteiger partial charge on any atom is 0.196 e. The van der Waals surface area contributed by atoms with Gasteiger partial charge in [-0.1, -0.05) is 55.8 Å². The molecule has 0 spiro atoms. The first-order valence-corrected chi connectivity index (χ1v) is 10.4. The lowest BCUT2D eigenvalue weighted by Gasteiger charge is -2.42. The summed E-state index contributed by atoms with van der Waals surface area (Å²) in [6.07, 6.45) is -0.761. The molecule has 2 unspecified atom stereocenters. The minimum absolute atomic E-state index is 0.183. The van der Waals surface area contributed by atoms with Crippen LogP contribution in [0.4, 0.5) is 5.69 Å². The fraction of sp³-hybridized carbons (Fsp3) is 0.333. The Hall–Kier alpha value is -2.11. The number of fused-ring (bicyclic) bond motifs is 3. The van der Waals surface area contributed by atoms with Crippen LogP contribution in [0.25, 0.3) is 33.0 Å². The number of hydrogen-bond acceptors (Lipinski definition) is 4. The maximum atomic E-state index is 6.28. The van der Waals surface area contributed by atoms with Gasteiger partial charge < -0.3 is 10.1 Å². The Morgan fingerprint density at radius 2 is 1.72 bits per heavy atom. The van der Waals surface area contributed by atoms with E-state index in [1.807, 2.05) is 39.8 Å². The highest BCUT2D eigenvalue weighted by atomic mass is 35.5. The molecule has 1 aliphatic carbocycles. The summed E-state index contributed by atoms with van der Waals surface area (Å²) in [5.41, 5.74) is 5.22. The minimum atomic E-state index is -0.634. The predicted octanol–water partition coefficient (Wildman–Crippen LogP) is 6.62. The van der Waals surface area contributed by atoms with Crippen LogP contribution in [0.2, 0.25) is 5.02 Å². The van der Waals surface area contributed by atoms with Crippen molar-refractivity contribution in [3.8, 4) is 22.3 Å². The number of nitrogens with one attached hydrogen (secondary N) is 1. The van der Waals surface area contributed by atoms with Crippen LogP contribution in [-0.2, 0) is 14.5 Å². The van der Waals surface area contributed by atoms with Gasteiger partial charge in [-0.3, -0.25) is 0 Å². The van der Waals surface area contributed by atoms with Crippen LogP contribution < -0.4 is 5.32 Å². The Kier molecular flexibility index (Phi) is 4.37. The molecule has 3 aromatic rings. The summed E-state index contributed by atoms with van der Waals surface area (Å²) < 4.78 is 6.19. The zero-order valence-electron chi connectivity index (χ0n) is 17.0. The Labute approximate surface area is 175 Å². The van der Waals surface area contributed by atoms with E-state index in [1.165, 1.54) is 27.6 Å². The van der Waals surface area contributed by atoms with Crippen LogP contribution >= 0.6 is 11.6 Å². The van der Waals surface area contributed by atoms with Crippen molar-refractivity contribution in [3.63, 3.8) is 0 Å². The average molecular weight is 410 g/mol. The molecule has 4 nitrogen and oxygen atoms in total. The quantitative estimate of drug-likeness (QED) is 0.386. The number of anilines is 1. The summed E-state index contributed by atoms with van der Waals surface area (Å²) in [6.45, 7) is 8.01. The van der Waals surface area contributed by atoms with E-state index in [9.17, 15) is 0 Å². The molecule has 1 fully saturated rings. The summed E-state index contributed by atoms with van der Waals surface area (Å²) in [5, 5.41) is 6.71. The fourth-order valence-electron chi connectivity index (χ4n) is 4.11. The lowest BCUT2D eigenvalue weighted by molar-refractivity contribution is -0.485. The second-order valence-electron chi connectivity index (χ2n) is 8.63. The summed E-state index contributed by atoms with van der Waals surface area (Å²) in [4.78, 5) is 11.1. The van der Waals surface area contributed by atoms with E-state index in [1.54, 1.807) is 0 Å². The first kappa shape index (κ1) is 18.9. The van der Waals surface area contributed by atoms with Gasteiger partial charge in [0.15, 0.2) is 12.5 Å². The number of halogens is 1. The lowest BCUT2D eigenvalue weighted by Crippen LogP contribution is -2.54. The monoisotopic (exact) mass is 409 g/mol. The molecule has 5 rings (SSSR count). The second-order valence-corrected chi connectivity index (χ2v) is 9.07. The van der Waals surface area contributed by atoms with Crippen LogP contribution in [0.1, 0.15) is 27.7 Å². The van der Waals surface area contributed by atoms with E-state index in [0.29, 0.717) is 0 Å². The third-order valence-corrected chi connectivity index (χ3v) is 5.93. The van der Waals surface area contributed by atoms with Crippen molar-refractivity contribution in [1.29, 1.82) is 0 Å². The highest BCUT2D eigenvalue weighted by Crippen LogP contribution is 2.49. The van der Waals surface area contributed by atoms with E-state index in [-0.39, 0.29) is 12.1 Å². The Morgan fingerprint density at radius 3 is 2.52 bits per heavy atom. The molecule has 0 aromatic heterocycles. The predicted molar refractivity (Wildman–Crippen MR) is 117 cm³/mol. The molecule has 0 radical (unpaired) electrons. The zero-order chi connectivity index (χ0) is 20.3. The maximum absolute atomic E-state index is 6.28. The summed E-state index contributed by atoms with van der Waals surface area (Å²) in [6, 6.07) is 16.8. The molecule has 0 bridgehead atoms. The van der Waals surface area contributed by atoms with E-state index in [0.717, 1.165) is 16.1 Å². The van der Waals surface area contributed by atoms with Crippen molar-refractivity contribution in [1.82, 2.24) is 0 Å².